The SMILES string of the molecule is CCC(Cc1ccc(C)cc1)N(C)c1ncnc2[nH]ccc12. The van der Waals surface area contributed by atoms with Crippen molar-refractivity contribution >= 4 is 16.9 Å². The summed E-state index contributed by atoms with van der Waals surface area (Å²) in [4.78, 5) is 14.2. The van der Waals surface area contributed by atoms with Crippen molar-refractivity contribution in [2.75, 3.05) is 11.9 Å². The minimum absolute atomic E-state index is 0.413. The highest BCUT2D eigenvalue weighted by molar-refractivity contribution is 5.87. The zero-order chi connectivity index (χ0) is 15.5. The van der Waals surface area contributed by atoms with E-state index in [1.165, 1.54) is 11.1 Å². The fourth-order valence-corrected chi connectivity index (χ4v) is 2.86. The van der Waals surface area contributed by atoms with Gasteiger partial charge in [-0.15, -0.1) is 0 Å². The summed E-state index contributed by atoms with van der Waals surface area (Å²) < 4.78 is 0. The van der Waals surface area contributed by atoms with Crippen LogP contribution in [-0.4, -0.2) is 28.0 Å². The number of hydrogen-bond donors (Lipinski definition) is 1. The number of H-pyrrole nitrogens is 1. The van der Waals surface area contributed by atoms with Crippen LogP contribution in [0.25, 0.3) is 11.0 Å². The topological polar surface area (TPSA) is 44.8 Å². The summed E-state index contributed by atoms with van der Waals surface area (Å²) in [6.45, 7) is 4.35. The van der Waals surface area contributed by atoms with Crippen LogP contribution in [0.5, 0.6) is 0 Å². The van der Waals surface area contributed by atoms with Crippen molar-refractivity contribution in [3.05, 3.63) is 54.0 Å². The summed E-state index contributed by atoms with van der Waals surface area (Å²) in [5.41, 5.74) is 3.56. The molecule has 114 valence electrons. The molecule has 4 nitrogen and oxygen atoms in total. The normalized spacial score (nSPS) is 12.5. The Balaban J connectivity index is 1.86. The number of benzene rings is 1. The molecule has 0 spiro atoms. The molecule has 4 heteroatoms. The van der Waals surface area contributed by atoms with Crippen molar-refractivity contribution in [1.82, 2.24) is 15.0 Å². The van der Waals surface area contributed by atoms with Crippen molar-refractivity contribution in [3.63, 3.8) is 0 Å². The lowest BCUT2D eigenvalue weighted by molar-refractivity contribution is 0.602. The number of rotatable bonds is 5. The van der Waals surface area contributed by atoms with E-state index in [0.29, 0.717) is 6.04 Å². The predicted octanol–water partition coefficient (Wildman–Crippen LogP) is 3.72. The van der Waals surface area contributed by atoms with Gasteiger partial charge >= 0.3 is 0 Å². The van der Waals surface area contributed by atoms with Gasteiger partial charge in [0, 0.05) is 19.3 Å². The molecule has 1 aromatic carbocycles. The van der Waals surface area contributed by atoms with Crippen molar-refractivity contribution in [2.45, 2.75) is 32.7 Å². The van der Waals surface area contributed by atoms with E-state index in [-0.39, 0.29) is 0 Å². The van der Waals surface area contributed by atoms with Gasteiger partial charge in [0.1, 0.15) is 17.8 Å². The number of nitrogens with zero attached hydrogens (tertiary/aromatic N) is 3. The fraction of sp³-hybridized carbons (Fsp3) is 0.333. The quantitative estimate of drug-likeness (QED) is 0.780. The molecule has 0 aliphatic heterocycles. The highest BCUT2D eigenvalue weighted by Crippen LogP contribution is 2.24. The Hall–Kier alpha value is -2.36. The van der Waals surface area contributed by atoms with Crippen molar-refractivity contribution < 1.29 is 0 Å². The molecule has 22 heavy (non-hydrogen) atoms. The largest absolute Gasteiger partial charge is 0.356 e. The minimum atomic E-state index is 0.413. The Kier molecular flexibility index (Phi) is 4.09. The van der Waals surface area contributed by atoms with Crippen LogP contribution in [0.3, 0.4) is 0 Å². The molecule has 2 heterocycles. The number of anilines is 1. The monoisotopic (exact) mass is 294 g/mol. The molecule has 3 aromatic rings. The summed E-state index contributed by atoms with van der Waals surface area (Å²) >= 11 is 0. The van der Waals surface area contributed by atoms with Crippen molar-refractivity contribution in [2.24, 2.45) is 0 Å². The first kappa shape index (κ1) is 14.6. The molecule has 0 bridgehead atoms. The molecule has 0 saturated heterocycles. The van der Waals surface area contributed by atoms with E-state index in [1.54, 1.807) is 6.33 Å². The predicted molar refractivity (Wildman–Crippen MR) is 91.3 cm³/mol. The lowest BCUT2D eigenvalue weighted by atomic mass is 10.0. The maximum atomic E-state index is 4.50. The number of hydrogen-bond acceptors (Lipinski definition) is 3. The number of aromatic amines is 1. The zero-order valence-electron chi connectivity index (χ0n) is 13.4. The first-order valence-electron chi connectivity index (χ1n) is 7.75. The second kappa shape index (κ2) is 6.18. The van der Waals surface area contributed by atoms with Gasteiger partial charge in [-0.3, -0.25) is 0 Å². The molecule has 1 N–H and O–H groups in total. The van der Waals surface area contributed by atoms with Gasteiger partial charge in [-0.25, -0.2) is 9.97 Å². The van der Waals surface area contributed by atoms with Crippen LogP contribution in [0.4, 0.5) is 5.82 Å². The Labute approximate surface area is 131 Å². The van der Waals surface area contributed by atoms with Crippen LogP contribution in [0.15, 0.2) is 42.9 Å². The summed E-state index contributed by atoms with van der Waals surface area (Å²) in [5.74, 6) is 0.991. The lowest BCUT2D eigenvalue weighted by Crippen LogP contribution is -2.33. The first-order valence-corrected chi connectivity index (χ1v) is 7.75. The molecule has 0 radical (unpaired) electrons. The van der Waals surface area contributed by atoms with E-state index in [0.717, 1.165) is 29.7 Å². The molecule has 1 atom stereocenters. The van der Waals surface area contributed by atoms with Crippen LogP contribution < -0.4 is 4.90 Å². The first-order chi connectivity index (χ1) is 10.7. The molecular formula is C18H22N4. The van der Waals surface area contributed by atoms with Gasteiger partial charge in [0.15, 0.2) is 0 Å². The zero-order valence-corrected chi connectivity index (χ0v) is 13.4. The Morgan fingerprint density at radius 1 is 1.14 bits per heavy atom. The van der Waals surface area contributed by atoms with E-state index in [1.807, 2.05) is 12.3 Å². The van der Waals surface area contributed by atoms with Gasteiger partial charge in [0.05, 0.1) is 5.39 Å². The lowest BCUT2D eigenvalue weighted by Gasteiger charge is -2.29. The summed E-state index contributed by atoms with van der Waals surface area (Å²) in [7, 11) is 2.12. The number of nitrogens with one attached hydrogen (secondary N) is 1. The van der Waals surface area contributed by atoms with Crippen LogP contribution in [0.2, 0.25) is 0 Å². The molecule has 0 saturated carbocycles. The number of likely N-dealkylation sites (N-methyl/N-ethyl adjacent to an activating group) is 1. The number of fused-ring (bicyclic) bond motifs is 1. The van der Waals surface area contributed by atoms with Crippen molar-refractivity contribution in [3.8, 4) is 0 Å². The maximum Gasteiger partial charge on any atom is 0.142 e. The molecule has 3 rings (SSSR count). The summed E-state index contributed by atoms with van der Waals surface area (Å²) in [6.07, 6.45) is 5.63. The Morgan fingerprint density at radius 2 is 1.91 bits per heavy atom. The van der Waals surface area contributed by atoms with E-state index in [9.17, 15) is 0 Å². The standard InChI is InChI=1S/C18H22N4/c1-4-15(11-14-7-5-13(2)6-8-14)22(3)18-16-9-10-19-17(16)20-12-21-18/h5-10,12,15H,4,11H2,1-3H3,(H,19,20,21). The van der Waals surface area contributed by atoms with Crippen LogP contribution in [-0.2, 0) is 6.42 Å². The number of aromatic nitrogens is 3. The third-order valence-electron chi connectivity index (χ3n) is 4.28. The maximum absolute atomic E-state index is 4.50. The van der Waals surface area contributed by atoms with Crippen LogP contribution in [0, 0.1) is 6.92 Å². The molecule has 1 unspecified atom stereocenters. The number of aryl methyl sites for hydroxylation is 1. The van der Waals surface area contributed by atoms with Gasteiger partial charge in [0.2, 0.25) is 0 Å². The minimum Gasteiger partial charge on any atom is -0.356 e. The molecule has 0 amide bonds. The van der Waals surface area contributed by atoms with Gasteiger partial charge in [-0.05, 0) is 31.4 Å². The molecule has 0 aliphatic carbocycles. The van der Waals surface area contributed by atoms with Crippen molar-refractivity contribution in [1.29, 1.82) is 0 Å². The highest BCUT2D eigenvalue weighted by Gasteiger charge is 2.17. The molecular weight excluding hydrogens is 272 g/mol. The summed E-state index contributed by atoms with van der Waals surface area (Å²) in [5, 5.41) is 1.08. The smallest absolute Gasteiger partial charge is 0.142 e. The third-order valence-corrected chi connectivity index (χ3v) is 4.28. The Bertz CT molecular complexity index is 745. The second-order valence-corrected chi connectivity index (χ2v) is 5.80. The molecule has 0 aliphatic rings. The average Bonchev–Trinajstić information content (AvgIpc) is 3.02. The molecule has 0 fully saturated rings. The van der Waals surface area contributed by atoms with Crippen LogP contribution >= 0.6 is 0 Å². The van der Waals surface area contributed by atoms with Gasteiger partial charge in [-0.1, -0.05) is 36.8 Å². The van der Waals surface area contributed by atoms with E-state index < -0.39 is 0 Å². The van der Waals surface area contributed by atoms with E-state index in [4.69, 9.17) is 0 Å². The van der Waals surface area contributed by atoms with Crippen LogP contribution in [0.1, 0.15) is 24.5 Å². The van der Waals surface area contributed by atoms with Gasteiger partial charge in [-0.2, -0.15) is 0 Å². The highest BCUT2D eigenvalue weighted by atomic mass is 15.2. The van der Waals surface area contributed by atoms with Gasteiger partial charge in [0.25, 0.3) is 0 Å². The van der Waals surface area contributed by atoms with Gasteiger partial charge < -0.3 is 9.88 Å². The average molecular weight is 294 g/mol. The third kappa shape index (κ3) is 2.82. The van der Waals surface area contributed by atoms with E-state index in [2.05, 4.69) is 65.0 Å². The fourth-order valence-electron chi connectivity index (χ4n) is 2.86. The summed E-state index contributed by atoms with van der Waals surface area (Å²) in [6, 6.07) is 11.2. The Morgan fingerprint density at radius 3 is 2.64 bits per heavy atom. The molecule has 2 aromatic heterocycles. The van der Waals surface area contributed by atoms with E-state index >= 15 is 0 Å². The second-order valence-electron chi connectivity index (χ2n) is 5.80.